The number of hydrogen-bond donors (Lipinski definition) is 0. The molecule has 0 aromatic rings. The summed E-state index contributed by atoms with van der Waals surface area (Å²) in [6.07, 6.45) is 0. The van der Waals surface area contributed by atoms with E-state index in [4.69, 9.17) is 9.47 Å². The van der Waals surface area contributed by atoms with Crippen molar-refractivity contribution in [1.82, 2.24) is 4.90 Å². The highest BCUT2D eigenvalue weighted by molar-refractivity contribution is 4.52. The van der Waals surface area contributed by atoms with E-state index in [-0.39, 0.29) is 0 Å². The normalized spacial score (nSPS) is 10.8. The van der Waals surface area contributed by atoms with Gasteiger partial charge in [0.15, 0.2) is 0 Å². The molecular formula is C7H16NO2. The zero-order chi connectivity index (χ0) is 7.82. The minimum absolute atomic E-state index is 0.729. The first kappa shape index (κ1) is 9.88. The molecule has 0 atom stereocenters. The molecule has 3 nitrogen and oxygen atoms in total. The van der Waals surface area contributed by atoms with Gasteiger partial charge >= 0.3 is 0 Å². The monoisotopic (exact) mass is 146 g/mol. The van der Waals surface area contributed by atoms with Crippen molar-refractivity contribution in [2.24, 2.45) is 0 Å². The Balaban J connectivity index is 3.00. The van der Waals surface area contributed by atoms with Crippen LogP contribution in [0.5, 0.6) is 0 Å². The van der Waals surface area contributed by atoms with E-state index in [1.165, 1.54) is 0 Å². The largest absolute Gasteiger partial charge is 0.383 e. The quantitative estimate of drug-likeness (QED) is 0.540. The molecule has 0 rings (SSSR count). The minimum atomic E-state index is 0.729. The molecule has 10 heavy (non-hydrogen) atoms. The molecule has 0 aliphatic rings. The Morgan fingerprint density at radius 2 is 1.50 bits per heavy atom. The molecule has 0 aromatic heterocycles. The van der Waals surface area contributed by atoms with Gasteiger partial charge in [0, 0.05) is 34.4 Å². The van der Waals surface area contributed by atoms with E-state index in [1.807, 2.05) is 4.90 Å². The first-order valence-electron chi connectivity index (χ1n) is 3.34. The highest BCUT2D eigenvalue weighted by atomic mass is 16.5. The number of methoxy groups -OCH3 is 2. The van der Waals surface area contributed by atoms with Gasteiger partial charge in [0.25, 0.3) is 0 Å². The Hall–Kier alpha value is -0.120. The van der Waals surface area contributed by atoms with Gasteiger partial charge in [-0.2, -0.15) is 0 Å². The van der Waals surface area contributed by atoms with Gasteiger partial charge in [0.2, 0.25) is 0 Å². The van der Waals surface area contributed by atoms with Crippen LogP contribution in [0.3, 0.4) is 0 Å². The third kappa shape index (κ3) is 6.01. The van der Waals surface area contributed by atoms with Crippen LogP contribution < -0.4 is 0 Å². The van der Waals surface area contributed by atoms with E-state index in [2.05, 4.69) is 7.05 Å². The fourth-order valence-corrected chi connectivity index (χ4v) is 0.553. The maximum atomic E-state index is 4.87. The molecule has 0 bridgehead atoms. The molecule has 0 saturated heterocycles. The second-order valence-electron chi connectivity index (χ2n) is 2.10. The summed E-state index contributed by atoms with van der Waals surface area (Å²) in [5, 5.41) is 0. The predicted octanol–water partition coefficient (Wildman–Crippen LogP) is 0.373. The highest BCUT2D eigenvalue weighted by Crippen LogP contribution is 1.83. The standard InChI is InChI=1S/C7H16NO2/c1-8(4-6-9-2)5-7-10-3/h1,4-7H2,2-3H3. The lowest BCUT2D eigenvalue weighted by Gasteiger charge is -2.14. The second-order valence-corrected chi connectivity index (χ2v) is 2.10. The summed E-state index contributed by atoms with van der Waals surface area (Å²) in [6, 6.07) is 0. The molecule has 0 aliphatic carbocycles. The van der Waals surface area contributed by atoms with Crippen molar-refractivity contribution < 1.29 is 9.47 Å². The molecule has 0 saturated carbocycles. The van der Waals surface area contributed by atoms with Crippen LogP contribution in [0.4, 0.5) is 0 Å². The van der Waals surface area contributed by atoms with Gasteiger partial charge < -0.3 is 9.47 Å². The summed E-state index contributed by atoms with van der Waals surface area (Å²) in [7, 11) is 7.16. The summed E-state index contributed by atoms with van der Waals surface area (Å²) in [5.41, 5.74) is 0. The van der Waals surface area contributed by atoms with Gasteiger partial charge in [-0.1, -0.05) is 0 Å². The third-order valence-electron chi connectivity index (χ3n) is 1.22. The van der Waals surface area contributed by atoms with Crippen molar-refractivity contribution in [2.75, 3.05) is 40.5 Å². The molecule has 61 valence electrons. The summed E-state index contributed by atoms with van der Waals surface area (Å²) < 4.78 is 9.74. The predicted molar refractivity (Wildman–Crippen MR) is 40.7 cm³/mol. The van der Waals surface area contributed by atoms with Gasteiger partial charge in [-0.3, -0.25) is 4.90 Å². The Labute approximate surface area is 62.9 Å². The summed E-state index contributed by atoms with van der Waals surface area (Å²) >= 11 is 0. The van der Waals surface area contributed by atoms with Crippen LogP contribution in [-0.4, -0.2) is 45.4 Å². The maximum Gasteiger partial charge on any atom is 0.0589 e. The SMILES string of the molecule is [CH2]N(CCOC)CCOC. The molecule has 0 heterocycles. The lowest BCUT2D eigenvalue weighted by Crippen LogP contribution is -2.24. The van der Waals surface area contributed by atoms with E-state index >= 15 is 0 Å². The average molecular weight is 146 g/mol. The molecule has 0 fully saturated rings. The Bertz CT molecular complexity index is 60.6. The van der Waals surface area contributed by atoms with Crippen LogP contribution in [0.2, 0.25) is 0 Å². The Kier molecular flexibility index (Phi) is 6.91. The van der Waals surface area contributed by atoms with Gasteiger partial charge in [-0.25, -0.2) is 0 Å². The van der Waals surface area contributed by atoms with Crippen molar-refractivity contribution in [3.8, 4) is 0 Å². The van der Waals surface area contributed by atoms with Gasteiger partial charge in [0.05, 0.1) is 13.2 Å². The van der Waals surface area contributed by atoms with Crippen molar-refractivity contribution in [1.29, 1.82) is 0 Å². The van der Waals surface area contributed by atoms with Crippen molar-refractivity contribution in [3.63, 3.8) is 0 Å². The van der Waals surface area contributed by atoms with Gasteiger partial charge in [0.1, 0.15) is 0 Å². The number of ether oxygens (including phenoxy) is 2. The van der Waals surface area contributed by atoms with E-state index in [9.17, 15) is 0 Å². The maximum absolute atomic E-state index is 4.87. The van der Waals surface area contributed by atoms with E-state index < -0.39 is 0 Å². The zero-order valence-electron chi connectivity index (χ0n) is 6.80. The fraction of sp³-hybridized carbons (Fsp3) is 0.857. The first-order valence-corrected chi connectivity index (χ1v) is 3.34. The highest BCUT2D eigenvalue weighted by Gasteiger charge is 1.95. The van der Waals surface area contributed by atoms with Crippen molar-refractivity contribution >= 4 is 0 Å². The molecule has 0 unspecified atom stereocenters. The molecule has 0 spiro atoms. The second kappa shape index (κ2) is 6.99. The van der Waals surface area contributed by atoms with Crippen LogP contribution in [0.15, 0.2) is 0 Å². The number of nitrogens with zero attached hydrogens (tertiary/aromatic N) is 1. The van der Waals surface area contributed by atoms with Crippen molar-refractivity contribution in [2.45, 2.75) is 0 Å². The van der Waals surface area contributed by atoms with Gasteiger partial charge in [-0.05, 0) is 0 Å². The lowest BCUT2D eigenvalue weighted by molar-refractivity contribution is 0.136. The molecule has 0 aromatic carbocycles. The average Bonchev–Trinajstić information content (AvgIpc) is 1.97. The smallest absolute Gasteiger partial charge is 0.0589 e. The van der Waals surface area contributed by atoms with Crippen LogP contribution in [0.1, 0.15) is 0 Å². The van der Waals surface area contributed by atoms with E-state index in [1.54, 1.807) is 14.2 Å². The number of rotatable bonds is 6. The first-order chi connectivity index (χ1) is 4.81. The topological polar surface area (TPSA) is 21.7 Å². The minimum Gasteiger partial charge on any atom is -0.383 e. The molecule has 3 heteroatoms. The van der Waals surface area contributed by atoms with Crippen LogP contribution in [-0.2, 0) is 9.47 Å². The molecule has 0 aliphatic heterocycles. The summed E-state index contributed by atoms with van der Waals surface area (Å²) in [6.45, 7) is 3.18. The van der Waals surface area contributed by atoms with E-state index in [0.717, 1.165) is 26.3 Å². The third-order valence-corrected chi connectivity index (χ3v) is 1.22. The van der Waals surface area contributed by atoms with Gasteiger partial charge in [-0.15, -0.1) is 0 Å². The van der Waals surface area contributed by atoms with Crippen LogP contribution in [0, 0.1) is 7.05 Å². The molecule has 0 amide bonds. The lowest BCUT2D eigenvalue weighted by atomic mass is 10.5. The Morgan fingerprint density at radius 3 is 1.80 bits per heavy atom. The molecule has 0 N–H and O–H groups in total. The molecular weight excluding hydrogens is 130 g/mol. The van der Waals surface area contributed by atoms with Crippen LogP contribution >= 0.6 is 0 Å². The Morgan fingerprint density at radius 1 is 1.10 bits per heavy atom. The fourth-order valence-electron chi connectivity index (χ4n) is 0.553. The van der Waals surface area contributed by atoms with Crippen LogP contribution in [0.25, 0.3) is 0 Å². The summed E-state index contributed by atoms with van der Waals surface area (Å²) in [5.74, 6) is 0. The zero-order valence-corrected chi connectivity index (χ0v) is 6.80. The van der Waals surface area contributed by atoms with Crippen molar-refractivity contribution in [3.05, 3.63) is 7.05 Å². The molecule has 1 radical (unpaired) electrons. The number of hydrogen-bond acceptors (Lipinski definition) is 3. The van der Waals surface area contributed by atoms with E-state index in [0.29, 0.717) is 0 Å². The summed E-state index contributed by atoms with van der Waals surface area (Å²) in [4.78, 5) is 1.92.